The molecule has 3 aromatic rings. The summed E-state index contributed by atoms with van der Waals surface area (Å²) in [5.41, 5.74) is 5.66. The van der Waals surface area contributed by atoms with E-state index in [-0.39, 0.29) is 0 Å². The summed E-state index contributed by atoms with van der Waals surface area (Å²) < 4.78 is 0. The van der Waals surface area contributed by atoms with Crippen molar-refractivity contribution < 1.29 is 0 Å². The Morgan fingerprint density at radius 3 is 2.44 bits per heavy atom. The first-order valence-corrected chi connectivity index (χ1v) is 9.29. The molecule has 27 heavy (non-hydrogen) atoms. The maximum atomic E-state index is 4.82. The monoisotopic (exact) mass is 363 g/mol. The number of aryl methyl sites for hydroxylation is 3. The third-order valence-corrected chi connectivity index (χ3v) is 5.07. The summed E-state index contributed by atoms with van der Waals surface area (Å²) in [5.74, 6) is 1.41. The molecule has 7 nitrogen and oxygen atoms in total. The van der Waals surface area contributed by atoms with E-state index in [1.165, 1.54) is 11.1 Å². The van der Waals surface area contributed by atoms with Gasteiger partial charge in [0.25, 0.3) is 0 Å². The molecule has 0 amide bonds. The Morgan fingerprint density at radius 2 is 1.70 bits per heavy atom. The molecule has 140 valence electrons. The molecule has 1 saturated heterocycles. The van der Waals surface area contributed by atoms with Crippen molar-refractivity contribution >= 4 is 28.6 Å². The number of benzene rings is 1. The summed E-state index contributed by atoms with van der Waals surface area (Å²) in [6.45, 7) is 9.97. The standard InChI is InChI=1S/C20H25N7/c1-13-5-6-16(11-14(13)2)23-19-17-18(21-12-15(3)22-17)24-20(25-19)27-9-7-26(4)8-10-27/h5-6,11-12H,7-10H2,1-4H3,(H,21,23,24,25). The van der Waals surface area contributed by atoms with Crippen LogP contribution in [-0.4, -0.2) is 58.1 Å². The third-order valence-electron chi connectivity index (χ3n) is 5.07. The lowest BCUT2D eigenvalue weighted by molar-refractivity contribution is 0.311. The predicted molar refractivity (Wildman–Crippen MR) is 109 cm³/mol. The van der Waals surface area contributed by atoms with Crippen LogP contribution >= 0.6 is 0 Å². The van der Waals surface area contributed by atoms with E-state index in [1.54, 1.807) is 6.20 Å². The van der Waals surface area contributed by atoms with E-state index in [1.807, 2.05) is 6.92 Å². The number of piperazine rings is 1. The van der Waals surface area contributed by atoms with E-state index < -0.39 is 0 Å². The normalized spacial score (nSPS) is 15.3. The van der Waals surface area contributed by atoms with Gasteiger partial charge in [0.2, 0.25) is 5.95 Å². The van der Waals surface area contributed by atoms with Crippen LogP contribution in [0, 0.1) is 20.8 Å². The number of nitrogens with zero attached hydrogens (tertiary/aromatic N) is 6. The Labute approximate surface area is 159 Å². The van der Waals surface area contributed by atoms with Gasteiger partial charge in [0, 0.05) is 31.9 Å². The average molecular weight is 363 g/mol. The van der Waals surface area contributed by atoms with E-state index in [0.29, 0.717) is 22.9 Å². The smallest absolute Gasteiger partial charge is 0.229 e. The second-order valence-electron chi connectivity index (χ2n) is 7.27. The summed E-state index contributed by atoms with van der Waals surface area (Å²) in [4.78, 5) is 23.2. The Bertz CT molecular complexity index is 977. The minimum absolute atomic E-state index is 0.621. The van der Waals surface area contributed by atoms with E-state index in [2.05, 4.69) is 69.2 Å². The number of hydrogen-bond donors (Lipinski definition) is 1. The maximum Gasteiger partial charge on any atom is 0.229 e. The van der Waals surface area contributed by atoms with Crippen molar-refractivity contribution in [2.75, 3.05) is 43.4 Å². The number of fused-ring (bicyclic) bond motifs is 1. The van der Waals surface area contributed by atoms with Gasteiger partial charge in [-0.15, -0.1) is 0 Å². The summed E-state index contributed by atoms with van der Waals surface area (Å²) in [7, 11) is 2.14. The van der Waals surface area contributed by atoms with Gasteiger partial charge < -0.3 is 15.1 Å². The predicted octanol–water partition coefficient (Wildman–Crippen LogP) is 2.84. The Kier molecular flexibility index (Phi) is 4.61. The van der Waals surface area contributed by atoms with Crippen molar-refractivity contribution in [1.29, 1.82) is 0 Å². The fourth-order valence-electron chi connectivity index (χ4n) is 3.18. The number of aromatic nitrogens is 4. The summed E-state index contributed by atoms with van der Waals surface area (Å²) >= 11 is 0. The van der Waals surface area contributed by atoms with Crippen molar-refractivity contribution in [2.45, 2.75) is 20.8 Å². The van der Waals surface area contributed by atoms with Gasteiger partial charge in [-0.1, -0.05) is 6.07 Å². The zero-order chi connectivity index (χ0) is 19.0. The van der Waals surface area contributed by atoms with Crippen molar-refractivity contribution in [3.8, 4) is 0 Å². The van der Waals surface area contributed by atoms with Gasteiger partial charge in [-0.3, -0.25) is 0 Å². The molecule has 7 heteroatoms. The topological polar surface area (TPSA) is 70.1 Å². The van der Waals surface area contributed by atoms with Crippen molar-refractivity contribution in [1.82, 2.24) is 24.8 Å². The zero-order valence-corrected chi connectivity index (χ0v) is 16.3. The fraction of sp³-hybridized carbons (Fsp3) is 0.400. The maximum absolute atomic E-state index is 4.82. The number of rotatable bonds is 3. The molecule has 0 unspecified atom stereocenters. The second kappa shape index (κ2) is 7.08. The second-order valence-corrected chi connectivity index (χ2v) is 7.27. The Morgan fingerprint density at radius 1 is 0.926 bits per heavy atom. The number of anilines is 3. The molecule has 0 saturated carbocycles. The average Bonchev–Trinajstić information content (AvgIpc) is 2.65. The van der Waals surface area contributed by atoms with Gasteiger partial charge in [0.05, 0.1) is 11.9 Å². The quantitative estimate of drug-likeness (QED) is 0.767. The van der Waals surface area contributed by atoms with Gasteiger partial charge >= 0.3 is 0 Å². The first-order chi connectivity index (χ1) is 13.0. The van der Waals surface area contributed by atoms with E-state index >= 15 is 0 Å². The van der Waals surface area contributed by atoms with Crippen LogP contribution in [0.25, 0.3) is 11.2 Å². The summed E-state index contributed by atoms with van der Waals surface area (Å²) in [6, 6.07) is 6.30. The van der Waals surface area contributed by atoms with Crippen molar-refractivity contribution in [3.63, 3.8) is 0 Å². The molecule has 2 aromatic heterocycles. The Hall–Kier alpha value is -2.80. The molecule has 1 aliphatic rings. The molecule has 0 aliphatic carbocycles. The summed E-state index contributed by atoms with van der Waals surface area (Å²) in [5, 5.41) is 3.44. The van der Waals surface area contributed by atoms with Gasteiger partial charge in [0.1, 0.15) is 0 Å². The Balaban J connectivity index is 1.76. The number of hydrogen-bond acceptors (Lipinski definition) is 7. The third kappa shape index (κ3) is 3.68. The van der Waals surface area contributed by atoms with Crippen LogP contribution < -0.4 is 10.2 Å². The first-order valence-electron chi connectivity index (χ1n) is 9.29. The van der Waals surface area contributed by atoms with Crippen LogP contribution in [0.1, 0.15) is 16.8 Å². The van der Waals surface area contributed by atoms with Crippen LogP contribution in [0.3, 0.4) is 0 Å². The molecule has 3 heterocycles. The molecule has 4 rings (SSSR count). The van der Waals surface area contributed by atoms with E-state index in [4.69, 9.17) is 4.98 Å². The lowest BCUT2D eigenvalue weighted by Crippen LogP contribution is -2.45. The van der Waals surface area contributed by atoms with Gasteiger partial charge in [-0.2, -0.15) is 9.97 Å². The lowest BCUT2D eigenvalue weighted by atomic mass is 10.1. The summed E-state index contributed by atoms with van der Waals surface area (Å²) in [6.07, 6.45) is 1.75. The van der Waals surface area contributed by atoms with Crippen LogP contribution in [0.4, 0.5) is 17.5 Å². The van der Waals surface area contributed by atoms with Gasteiger partial charge in [-0.05, 0) is 51.1 Å². The molecule has 1 N–H and O–H groups in total. The highest BCUT2D eigenvalue weighted by molar-refractivity contribution is 5.86. The molecule has 0 spiro atoms. The molecule has 1 aliphatic heterocycles. The van der Waals surface area contributed by atoms with Crippen LogP contribution in [0.15, 0.2) is 24.4 Å². The van der Waals surface area contributed by atoms with E-state index in [0.717, 1.165) is 37.6 Å². The first kappa shape index (κ1) is 17.6. The minimum atomic E-state index is 0.621. The molecule has 1 aromatic carbocycles. The number of nitrogens with one attached hydrogen (secondary N) is 1. The zero-order valence-electron chi connectivity index (χ0n) is 16.3. The highest BCUT2D eigenvalue weighted by Gasteiger charge is 2.19. The van der Waals surface area contributed by atoms with Crippen LogP contribution in [0.5, 0.6) is 0 Å². The molecular formula is C20H25N7. The highest BCUT2D eigenvalue weighted by Crippen LogP contribution is 2.25. The minimum Gasteiger partial charge on any atom is -0.338 e. The van der Waals surface area contributed by atoms with Gasteiger partial charge in [-0.25, -0.2) is 9.97 Å². The highest BCUT2D eigenvalue weighted by atomic mass is 15.3. The molecule has 0 atom stereocenters. The molecule has 0 bridgehead atoms. The van der Waals surface area contributed by atoms with Crippen LogP contribution in [0.2, 0.25) is 0 Å². The SMILES string of the molecule is Cc1cnc2nc(N3CCN(C)CC3)nc(Nc3ccc(C)c(C)c3)c2n1. The largest absolute Gasteiger partial charge is 0.338 e. The number of likely N-dealkylation sites (N-methyl/N-ethyl adjacent to an activating group) is 1. The van der Waals surface area contributed by atoms with Crippen molar-refractivity contribution in [3.05, 3.63) is 41.2 Å². The molecule has 1 fully saturated rings. The van der Waals surface area contributed by atoms with E-state index in [9.17, 15) is 0 Å². The van der Waals surface area contributed by atoms with Crippen LogP contribution in [-0.2, 0) is 0 Å². The van der Waals surface area contributed by atoms with Gasteiger partial charge in [0.15, 0.2) is 17.0 Å². The lowest BCUT2D eigenvalue weighted by Gasteiger charge is -2.32. The molecule has 0 radical (unpaired) electrons. The van der Waals surface area contributed by atoms with Crippen molar-refractivity contribution in [2.24, 2.45) is 0 Å². The molecular weight excluding hydrogens is 338 g/mol. The fourth-order valence-corrected chi connectivity index (χ4v) is 3.18.